The van der Waals surface area contributed by atoms with Crippen LogP contribution in [0.5, 0.6) is 5.75 Å². The van der Waals surface area contributed by atoms with Gasteiger partial charge in [0, 0.05) is 0 Å². The van der Waals surface area contributed by atoms with Crippen molar-refractivity contribution in [3.63, 3.8) is 0 Å². The Morgan fingerprint density at radius 2 is 2.55 bits per heavy atom. The summed E-state index contributed by atoms with van der Waals surface area (Å²) in [7, 11) is 1.48. The van der Waals surface area contributed by atoms with Crippen LogP contribution in [0, 0.1) is 0 Å². The van der Waals surface area contributed by atoms with Crippen molar-refractivity contribution in [2.75, 3.05) is 7.11 Å². The molecule has 4 heteroatoms. The third kappa shape index (κ3) is 1.91. The van der Waals surface area contributed by atoms with Crippen molar-refractivity contribution in [3.8, 4) is 5.75 Å². The summed E-state index contributed by atoms with van der Waals surface area (Å²) >= 11 is 3.09. The van der Waals surface area contributed by atoms with E-state index in [4.69, 9.17) is 12.6 Å². The fraction of sp³-hybridized carbons (Fsp3) is 0.286. The Morgan fingerprint density at radius 1 is 1.82 bits per heavy atom. The van der Waals surface area contributed by atoms with E-state index in [2.05, 4.69) is 20.9 Å². The highest BCUT2D eigenvalue weighted by molar-refractivity contribution is 9.10. The van der Waals surface area contributed by atoms with Crippen molar-refractivity contribution in [1.82, 2.24) is 4.98 Å². The Balaban J connectivity index is 3.10. The fourth-order valence-electron chi connectivity index (χ4n) is 0.636. The van der Waals surface area contributed by atoms with Crippen LogP contribution in [0.1, 0.15) is 8.44 Å². The number of hydrogen-bond donors (Lipinski definition) is 1. The number of aromatic nitrogens is 1. The molecule has 0 atom stereocenters. The predicted octanol–water partition coefficient (Wildman–Crippen LogP) is 1.34. The highest BCUT2D eigenvalue weighted by Crippen LogP contribution is 2.21. The van der Waals surface area contributed by atoms with E-state index in [-0.39, 0.29) is 5.69 Å². The van der Waals surface area contributed by atoms with Crippen LogP contribution in [0.4, 0.5) is 0 Å². The molecule has 0 aliphatic heterocycles. The second-order valence-corrected chi connectivity index (χ2v) is 2.55. The summed E-state index contributed by atoms with van der Waals surface area (Å²) in [5.41, 5.74) is -0.0554. The minimum atomic E-state index is -2.42. The van der Waals surface area contributed by atoms with Gasteiger partial charge in [0.15, 0.2) is 5.75 Å². The van der Waals surface area contributed by atoms with Gasteiger partial charge < -0.3 is 9.84 Å². The van der Waals surface area contributed by atoms with Gasteiger partial charge in [-0.1, -0.05) is 0 Å². The number of halogens is 1. The zero-order valence-electron chi connectivity index (χ0n) is 7.84. The van der Waals surface area contributed by atoms with Gasteiger partial charge in [-0.2, -0.15) is 0 Å². The van der Waals surface area contributed by atoms with Crippen molar-refractivity contribution < 1.29 is 12.6 Å². The smallest absolute Gasteiger partial charge is 0.151 e. The first kappa shape index (κ1) is 5.97. The minimum absolute atomic E-state index is 0.0554. The van der Waals surface area contributed by atoms with Crippen LogP contribution >= 0.6 is 15.9 Å². The number of methoxy groups -OCH3 is 1. The summed E-state index contributed by atoms with van der Waals surface area (Å²) < 4.78 is 19.3. The van der Waals surface area contributed by atoms with Gasteiger partial charge in [-0.05, 0) is 28.1 Å². The van der Waals surface area contributed by atoms with Crippen LogP contribution in [0.25, 0.3) is 0 Å². The van der Waals surface area contributed by atoms with Crippen LogP contribution in [0.15, 0.2) is 16.7 Å². The van der Waals surface area contributed by atoms with E-state index in [1.807, 2.05) is 0 Å². The van der Waals surface area contributed by atoms with Gasteiger partial charge in [0.25, 0.3) is 0 Å². The monoisotopic (exact) mass is 219 g/mol. The average Bonchev–Trinajstić information content (AvgIpc) is 2.02. The Kier molecular flexibility index (Phi) is 2.00. The van der Waals surface area contributed by atoms with Crippen LogP contribution < -0.4 is 4.74 Å². The lowest BCUT2D eigenvalue weighted by Crippen LogP contribution is -1.92. The highest BCUT2D eigenvalue weighted by atomic mass is 79.9. The molecule has 1 N–H and O–H groups in total. The Labute approximate surface area is 76.0 Å². The lowest BCUT2D eigenvalue weighted by Gasteiger charge is -2.02. The summed E-state index contributed by atoms with van der Waals surface area (Å²) in [6.45, 7) is -2.42. The van der Waals surface area contributed by atoms with Crippen molar-refractivity contribution in [3.05, 3.63) is 22.4 Å². The van der Waals surface area contributed by atoms with Gasteiger partial charge in [-0.15, -0.1) is 0 Å². The molecule has 3 nitrogen and oxygen atoms in total. The van der Waals surface area contributed by atoms with Gasteiger partial charge in [-0.3, -0.25) is 0 Å². The van der Waals surface area contributed by atoms with E-state index >= 15 is 0 Å². The molecule has 1 rings (SSSR count). The summed E-state index contributed by atoms with van der Waals surface area (Å²) in [6.07, 6.45) is 0. The molecule has 1 heterocycles. The van der Waals surface area contributed by atoms with E-state index in [9.17, 15) is 0 Å². The molecule has 0 saturated heterocycles. The third-order valence-corrected chi connectivity index (χ3v) is 1.72. The number of ether oxygens (including phenoxy) is 1. The molecule has 0 spiro atoms. The third-order valence-electron chi connectivity index (χ3n) is 1.15. The maximum absolute atomic E-state index is 8.99. The molecule has 0 aliphatic rings. The van der Waals surface area contributed by atoms with Crippen LogP contribution in [-0.4, -0.2) is 17.2 Å². The zero-order chi connectivity index (χ0) is 10.1. The average molecular weight is 220 g/mol. The molecule has 0 aliphatic carbocycles. The van der Waals surface area contributed by atoms with E-state index in [1.165, 1.54) is 19.2 Å². The summed E-state index contributed by atoms with van der Waals surface area (Å²) in [4.78, 5) is 3.78. The van der Waals surface area contributed by atoms with E-state index in [0.29, 0.717) is 10.4 Å². The second-order valence-electron chi connectivity index (χ2n) is 1.80. The van der Waals surface area contributed by atoms with Crippen molar-refractivity contribution in [2.24, 2.45) is 0 Å². The molecule has 11 heavy (non-hydrogen) atoms. The molecular formula is C7H8BrNO2. The summed E-state index contributed by atoms with van der Waals surface area (Å²) in [6, 6.07) is 2.89. The molecule has 0 fully saturated rings. The zero-order valence-corrected chi connectivity index (χ0v) is 7.42. The number of aliphatic hydroxyl groups is 1. The van der Waals surface area contributed by atoms with Crippen molar-refractivity contribution in [1.29, 1.82) is 0 Å². The van der Waals surface area contributed by atoms with Crippen molar-refractivity contribution in [2.45, 2.75) is 6.56 Å². The standard InChI is InChI=1S/C7H8BrNO2/c1-11-6-3-2-5(4-10)9-7(6)8/h2-3,10H,4H2,1H3/i4D2. The fourth-order valence-corrected chi connectivity index (χ4v) is 1.12. The first-order chi connectivity index (χ1) is 5.95. The number of pyridine rings is 1. The molecule has 0 unspecified atom stereocenters. The molecule has 0 amide bonds. The molecule has 1 aromatic heterocycles. The molecule has 0 saturated carbocycles. The quantitative estimate of drug-likeness (QED) is 0.765. The summed E-state index contributed by atoms with van der Waals surface area (Å²) in [5.74, 6) is 0.494. The van der Waals surface area contributed by atoms with Crippen LogP contribution in [-0.2, 0) is 6.56 Å². The van der Waals surface area contributed by atoms with Gasteiger partial charge in [0.1, 0.15) is 4.60 Å². The predicted molar refractivity (Wildman–Crippen MR) is 44.4 cm³/mol. The topological polar surface area (TPSA) is 42.4 Å². The molecule has 0 bridgehead atoms. The first-order valence-electron chi connectivity index (χ1n) is 3.88. The van der Waals surface area contributed by atoms with E-state index in [0.717, 1.165) is 0 Å². The normalized spacial score (nSPS) is 13.7. The first-order valence-corrected chi connectivity index (χ1v) is 3.68. The summed E-state index contributed by atoms with van der Waals surface area (Å²) in [5, 5.41) is 8.99. The van der Waals surface area contributed by atoms with Crippen molar-refractivity contribution >= 4 is 15.9 Å². The minimum Gasteiger partial charge on any atom is -0.494 e. The van der Waals surface area contributed by atoms with Crippen LogP contribution in [0.2, 0.25) is 0 Å². The molecule has 1 aromatic rings. The Morgan fingerprint density at radius 3 is 3.00 bits per heavy atom. The van der Waals surface area contributed by atoms with Gasteiger partial charge in [0.2, 0.25) is 0 Å². The molecule has 0 aromatic carbocycles. The van der Waals surface area contributed by atoms with E-state index in [1.54, 1.807) is 0 Å². The number of nitrogens with zero attached hydrogens (tertiary/aromatic N) is 1. The maximum Gasteiger partial charge on any atom is 0.151 e. The second kappa shape index (κ2) is 3.69. The van der Waals surface area contributed by atoms with Crippen LogP contribution in [0.3, 0.4) is 0 Å². The van der Waals surface area contributed by atoms with Gasteiger partial charge in [0.05, 0.1) is 22.1 Å². The highest BCUT2D eigenvalue weighted by Gasteiger charge is 2.00. The lowest BCUT2D eigenvalue weighted by atomic mass is 10.3. The Hall–Kier alpha value is -0.610. The number of hydrogen-bond acceptors (Lipinski definition) is 3. The number of rotatable bonds is 2. The molecule has 60 valence electrons. The van der Waals surface area contributed by atoms with E-state index < -0.39 is 6.56 Å². The molecule has 0 radical (unpaired) electrons. The SMILES string of the molecule is [2H]C([2H])(O)c1ccc(OC)c(Br)n1. The maximum atomic E-state index is 8.99. The lowest BCUT2D eigenvalue weighted by molar-refractivity contribution is 0.276. The Bertz CT molecular complexity index is 314. The largest absolute Gasteiger partial charge is 0.494 e. The van der Waals surface area contributed by atoms with Gasteiger partial charge in [-0.25, -0.2) is 4.98 Å². The van der Waals surface area contributed by atoms with Gasteiger partial charge >= 0.3 is 0 Å². The molecular weight excluding hydrogens is 210 g/mol.